The van der Waals surface area contributed by atoms with Gasteiger partial charge in [0.1, 0.15) is 17.3 Å². The molecule has 0 bridgehead atoms. The van der Waals surface area contributed by atoms with Crippen LogP contribution in [-0.2, 0) is 10.9 Å². The van der Waals surface area contributed by atoms with Crippen molar-refractivity contribution in [2.75, 3.05) is 0 Å². The molecule has 0 fully saturated rings. The quantitative estimate of drug-likeness (QED) is 0.898. The van der Waals surface area contributed by atoms with Crippen molar-refractivity contribution in [2.24, 2.45) is 0 Å². The van der Waals surface area contributed by atoms with Gasteiger partial charge in [-0.3, -0.25) is 0 Å². The van der Waals surface area contributed by atoms with Crippen LogP contribution in [0, 0.1) is 0 Å². The fraction of sp³-hybridized carbons (Fsp3) is 0.500. The summed E-state index contributed by atoms with van der Waals surface area (Å²) in [5.41, 5.74) is -1.81. The van der Waals surface area contributed by atoms with Gasteiger partial charge in [0.25, 0.3) is 0 Å². The Balaban J connectivity index is 2.13. The normalized spacial score (nSPS) is 13.4. The molecule has 1 amide bonds. The first-order chi connectivity index (χ1) is 11.5. The van der Waals surface area contributed by atoms with Gasteiger partial charge in [-0.2, -0.15) is 18.2 Å². The zero-order chi connectivity index (χ0) is 18.8. The van der Waals surface area contributed by atoms with Crippen molar-refractivity contribution >= 4 is 6.09 Å². The minimum absolute atomic E-state index is 0.0260. The number of ether oxygens (including phenoxy) is 1. The Morgan fingerprint density at radius 1 is 1.24 bits per heavy atom. The number of amides is 1. The molecule has 136 valence electrons. The summed E-state index contributed by atoms with van der Waals surface area (Å²) in [6, 6.07) is 0.0128. The molecule has 8 nitrogen and oxygen atoms in total. The molecule has 0 saturated carbocycles. The maximum Gasteiger partial charge on any atom is 0.433 e. The molecule has 1 atom stereocenters. The Morgan fingerprint density at radius 2 is 1.92 bits per heavy atom. The molecule has 0 unspecified atom stereocenters. The molecular weight excluding hydrogens is 343 g/mol. The zero-order valence-electron chi connectivity index (χ0n) is 13.9. The second kappa shape index (κ2) is 6.65. The molecule has 0 spiro atoms. The smallest absolute Gasteiger partial charge is 0.433 e. The van der Waals surface area contributed by atoms with Gasteiger partial charge in [-0.1, -0.05) is 5.16 Å². The summed E-state index contributed by atoms with van der Waals surface area (Å²) in [6.45, 7) is 6.65. The molecule has 1 N–H and O–H groups in total. The maximum absolute atomic E-state index is 12.7. The van der Waals surface area contributed by atoms with E-state index in [1.807, 2.05) is 0 Å². The summed E-state index contributed by atoms with van der Waals surface area (Å²) in [4.78, 5) is 22.7. The van der Waals surface area contributed by atoms with Crippen LogP contribution < -0.4 is 5.32 Å². The van der Waals surface area contributed by atoms with Crippen LogP contribution in [0.15, 0.2) is 16.8 Å². The topological polar surface area (TPSA) is 103 Å². The predicted molar refractivity (Wildman–Crippen MR) is 78.1 cm³/mol. The lowest BCUT2D eigenvalue weighted by molar-refractivity contribution is -0.141. The van der Waals surface area contributed by atoms with E-state index in [2.05, 4.69) is 25.4 Å². The molecule has 0 aliphatic carbocycles. The highest BCUT2D eigenvalue weighted by Crippen LogP contribution is 2.28. The van der Waals surface area contributed by atoms with Crippen LogP contribution in [0.3, 0.4) is 0 Å². The molecule has 0 aliphatic heterocycles. The Morgan fingerprint density at radius 3 is 2.52 bits per heavy atom. The van der Waals surface area contributed by atoms with Gasteiger partial charge < -0.3 is 14.6 Å². The van der Waals surface area contributed by atoms with Crippen molar-refractivity contribution in [3.8, 4) is 11.6 Å². The van der Waals surface area contributed by atoms with E-state index in [1.54, 1.807) is 27.7 Å². The molecule has 2 aromatic rings. The van der Waals surface area contributed by atoms with Gasteiger partial charge in [-0.25, -0.2) is 14.8 Å². The Bertz CT molecular complexity index is 755. The van der Waals surface area contributed by atoms with Crippen LogP contribution in [0.2, 0.25) is 0 Å². The lowest BCUT2D eigenvalue weighted by Gasteiger charge is -2.20. The van der Waals surface area contributed by atoms with Crippen molar-refractivity contribution in [1.29, 1.82) is 0 Å². The average Bonchev–Trinajstić information content (AvgIpc) is 2.94. The third kappa shape index (κ3) is 5.13. The van der Waals surface area contributed by atoms with Crippen molar-refractivity contribution in [3.05, 3.63) is 23.8 Å². The maximum atomic E-state index is 12.7. The van der Waals surface area contributed by atoms with E-state index in [0.717, 1.165) is 12.3 Å². The van der Waals surface area contributed by atoms with Crippen molar-refractivity contribution < 1.29 is 27.2 Å². The number of aromatic nitrogens is 4. The number of nitrogens with one attached hydrogen (secondary N) is 1. The van der Waals surface area contributed by atoms with E-state index in [9.17, 15) is 18.0 Å². The molecule has 11 heteroatoms. The molecule has 2 heterocycles. The standard InChI is InChI=1S/C14H16F3N5O3/c1-7(19-12(23)24-13(2,3)4)11-21-10(22-25-11)9-18-6-5-8(20-9)14(15,16)17/h5-7H,1-4H3,(H,19,23)/t7-/m0/s1. The van der Waals surface area contributed by atoms with Gasteiger partial charge in [0.05, 0.1) is 0 Å². The van der Waals surface area contributed by atoms with Crippen LogP contribution in [0.1, 0.15) is 45.3 Å². The van der Waals surface area contributed by atoms with E-state index in [4.69, 9.17) is 9.26 Å². The van der Waals surface area contributed by atoms with Crippen LogP contribution in [0.4, 0.5) is 18.0 Å². The number of alkyl halides is 3. The molecule has 0 aromatic carbocycles. The highest BCUT2D eigenvalue weighted by atomic mass is 19.4. The molecule has 0 aliphatic rings. The second-order valence-corrected chi connectivity index (χ2v) is 6.09. The first kappa shape index (κ1) is 18.6. The summed E-state index contributed by atoms with van der Waals surface area (Å²) < 4.78 is 48.1. The van der Waals surface area contributed by atoms with Gasteiger partial charge in [-0.15, -0.1) is 0 Å². The number of carbonyl (C=O) groups excluding carboxylic acids is 1. The van der Waals surface area contributed by atoms with E-state index >= 15 is 0 Å². The first-order valence-electron chi connectivity index (χ1n) is 7.19. The van der Waals surface area contributed by atoms with Gasteiger partial charge in [0.2, 0.25) is 17.5 Å². The fourth-order valence-electron chi connectivity index (χ4n) is 1.67. The minimum atomic E-state index is -4.62. The SMILES string of the molecule is C[C@H](NC(=O)OC(C)(C)C)c1nc(-c2nccc(C(F)(F)F)n2)no1. The van der Waals surface area contributed by atoms with Crippen LogP contribution in [0.25, 0.3) is 11.6 Å². The van der Waals surface area contributed by atoms with E-state index < -0.39 is 29.6 Å². The van der Waals surface area contributed by atoms with Crippen molar-refractivity contribution in [1.82, 2.24) is 25.4 Å². The lowest BCUT2D eigenvalue weighted by atomic mass is 10.2. The van der Waals surface area contributed by atoms with E-state index in [0.29, 0.717) is 0 Å². The molecule has 2 aromatic heterocycles. The zero-order valence-corrected chi connectivity index (χ0v) is 13.9. The van der Waals surface area contributed by atoms with Crippen LogP contribution in [0.5, 0.6) is 0 Å². The van der Waals surface area contributed by atoms with Gasteiger partial charge in [-0.05, 0) is 33.8 Å². The Hall–Kier alpha value is -2.72. The number of rotatable bonds is 3. The third-order valence-electron chi connectivity index (χ3n) is 2.69. The van der Waals surface area contributed by atoms with E-state index in [1.165, 1.54) is 0 Å². The number of carbonyl (C=O) groups is 1. The molecular formula is C14H16F3N5O3. The predicted octanol–water partition coefficient (Wildman–Crippen LogP) is 3.13. The number of hydrogen-bond donors (Lipinski definition) is 1. The van der Waals surface area contributed by atoms with Gasteiger partial charge >= 0.3 is 12.3 Å². The number of halogens is 3. The Labute approximate surface area is 140 Å². The van der Waals surface area contributed by atoms with Gasteiger partial charge in [0.15, 0.2) is 0 Å². The second-order valence-electron chi connectivity index (χ2n) is 6.09. The molecule has 2 rings (SSSR count). The van der Waals surface area contributed by atoms with Gasteiger partial charge in [0, 0.05) is 6.20 Å². The lowest BCUT2D eigenvalue weighted by Crippen LogP contribution is -2.34. The average molecular weight is 359 g/mol. The summed E-state index contributed by atoms with van der Waals surface area (Å²) >= 11 is 0. The van der Waals surface area contributed by atoms with E-state index in [-0.39, 0.29) is 17.5 Å². The monoisotopic (exact) mass is 359 g/mol. The first-order valence-corrected chi connectivity index (χ1v) is 7.19. The summed E-state index contributed by atoms with van der Waals surface area (Å²) in [5, 5.41) is 6.02. The van der Waals surface area contributed by atoms with Crippen LogP contribution in [-0.4, -0.2) is 31.8 Å². The number of nitrogens with zero attached hydrogens (tertiary/aromatic N) is 4. The summed E-state index contributed by atoms with van der Waals surface area (Å²) in [5.74, 6) is -0.588. The third-order valence-corrected chi connectivity index (χ3v) is 2.69. The summed E-state index contributed by atoms with van der Waals surface area (Å²) in [6.07, 6.45) is -4.37. The highest BCUT2D eigenvalue weighted by Gasteiger charge is 2.33. The van der Waals surface area contributed by atoms with Crippen LogP contribution >= 0.6 is 0 Å². The molecule has 0 radical (unpaired) electrons. The number of hydrogen-bond acceptors (Lipinski definition) is 7. The molecule has 25 heavy (non-hydrogen) atoms. The number of alkyl carbamates (subject to hydrolysis) is 1. The Kier molecular flexibility index (Phi) is 4.95. The highest BCUT2D eigenvalue weighted by molar-refractivity contribution is 5.68. The van der Waals surface area contributed by atoms with Crippen molar-refractivity contribution in [2.45, 2.75) is 45.5 Å². The summed E-state index contributed by atoms with van der Waals surface area (Å²) in [7, 11) is 0. The fourth-order valence-corrected chi connectivity index (χ4v) is 1.67. The minimum Gasteiger partial charge on any atom is -0.444 e. The molecule has 0 saturated heterocycles. The largest absolute Gasteiger partial charge is 0.444 e. The van der Waals surface area contributed by atoms with Crippen molar-refractivity contribution in [3.63, 3.8) is 0 Å².